The maximum atomic E-state index is 12.7. The van der Waals surface area contributed by atoms with Gasteiger partial charge in [0.25, 0.3) is 11.8 Å². The molecule has 3 aromatic rings. The van der Waals surface area contributed by atoms with E-state index >= 15 is 0 Å². The molecule has 0 radical (unpaired) electrons. The van der Waals surface area contributed by atoms with Crippen molar-refractivity contribution in [2.45, 2.75) is 32.6 Å². The van der Waals surface area contributed by atoms with Crippen LogP contribution in [0.15, 0.2) is 41.1 Å². The molecule has 0 atom stereocenters. The number of aryl methyl sites for hydroxylation is 2. The maximum Gasteiger partial charge on any atom is 0.267 e. The van der Waals surface area contributed by atoms with Gasteiger partial charge in [0, 0.05) is 30.8 Å². The van der Waals surface area contributed by atoms with Crippen molar-refractivity contribution < 1.29 is 9.21 Å². The quantitative estimate of drug-likeness (QED) is 0.710. The van der Waals surface area contributed by atoms with E-state index in [1.165, 1.54) is 0 Å². The van der Waals surface area contributed by atoms with E-state index in [0.717, 1.165) is 29.7 Å². The summed E-state index contributed by atoms with van der Waals surface area (Å²) in [7, 11) is 0. The van der Waals surface area contributed by atoms with Gasteiger partial charge in [0.2, 0.25) is 5.89 Å². The Balaban J connectivity index is 1.42. The molecule has 4 rings (SSSR count). The Hall–Kier alpha value is -3.09. The van der Waals surface area contributed by atoms with Crippen molar-refractivity contribution >= 4 is 5.91 Å². The van der Waals surface area contributed by atoms with Gasteiger partial charge in [-0.05, 0) is 38.3 Å². The number of carbonyl (C=O) groups is 1. The summed E-state index contributed by atoms with van der Waals surface area (Å²) in [6, 6.07) is 7.70. The number of rotatable bonds is 3. The van der Waals surface area contributed by atoms with Crippen molar-refractivity contribution in [2.75, 3.05) is 13.1 Å². The number of carbonyl (C=O) groups excluding carboxylic acids is 1. The highest BCUT2D eigenvalue weighted by atomic mass is 16.4. The number of benzene rings is 1. The Morgan fingerprint density at radius 1 is 1.07 bits per heavy atom. The zero-order valence-electron chi connectivity index (χ0n) is 15.4. The molecule has 0 unspecified atom stereocenters. The van der Waals surface area contributed by atoms with E-state index in [0.29, 0.717) is 30.6 Å². The minimum absolute atomic E-state index is 0.0905. The highest BCUT2D eigenvalue weighted by molar-refractivity contribution is 5.95. The minimum Gasteiger partial charge on any atom is -0.419 e. The highest BCUT2D eigenvalue weighted by Crippen LogP contribution is 2.29. The fourth-order valence-corrected chi connectivity index (χ4v) is 3.32. The number of hydrogen-bond donors (Lipinski definition) is 0. The highest BCUT2D eigenvalue weighted by Gasteiger charge is 2.28. The molecule has 0 spiro atoms. The molecule has 2 aromatic heterocycles. The largest absolute Gasteiger partial charge is 0.419 e. The second-order valence-electron chi connectivity index (χ2n) is 6.87. The number of amides is 1. The third-order valence-corrected chi connectivity index (χ3v) is 4.95. The summed E-state index contributed by atoms with van der Waals surface area (Å²) in [6.45, 7) is 5.20. The summed E-state index contributed by atoms with van der Waals surface area (Å²) in [5.74, 6) is 1.24. The van der Waals surface area contributed by atoms with Crippen molar-refractivity contribution in [2.24, 2.45) is 0 Å². The SMILES string of the molecule is Cc1cnc(-c2nnc(C3CCN(C(=O)c4ccccc4C)CC3)o2)cn1. The first-order chi connectivity index (χ1) is 13.1. The van der Waals surface area contributed by atoms with Gasteiger partial charge >= 0.3 is 0 Å². The molecular weight excluding hydrogens is 342 g/mol. The van der Waals surface area contributed by atoms with Gasteiger partial charge in [0.15, 0.2) is 0 Å². The van der Waals surface area contributed by atoms with Crippen LogP contribution in [0.1, 0.15) is 46.3 Å². The molecule has 0 bridgehead atoms. The number of aromatic nitrogens is 4. The van der Waals surface area contributed by atoms with Crippen LogP contribution in [0, 0.1) is 13.8 Å². The molecule has 1 saturated heterocycles. The third-order valence-electron chi connectivity index (χ3n) is 4.95. The van der Waals surface area contributed by atoms with Crippen LogP contribution >= 0.6 is 0 Å². The van der Waals surface area contributed by atoms with Gasteiger partial charge < -0.3 is 9.32 Å². The van der Waals surface area contributed by atoms with Crippen LogP contribution in [-0.2, 0) is 0 Å². The van der Waals surface area contributed by atoms with Crippen molar-refractivity contribution in [1.29, 1.82) is 0 Å². The van der Waals surface area contributed by atoms with E-state index in [-0.39, 0.29) is 11.8 Å². The first kappa shape index (κ1) is 17.3. The van der Waals surface area contributed by atoms with E-state index < -0.39 is 0 Å². The topological polar surface area (TPSA) is 85.0 Å². The number of likely N-dealkylation sites (tertiary alicyclic amines) is 1. The molecule has 7 nitrogen and oxygen atoms in total. The van der Waals surface area contributed by atoms with Gasteiger partial charge in [-0.25, -0.2) is 4.98 Å². The lowest BCUT2D eigenvalue weighted by molar-refractivity contribution is 0.0705. The summed E-state index contributed by atoms with van der Waals surface area (Å²) >= 11 is 0. The monoisotopic (exact) mass is 363 g/mol. The molecule has 0 aliphatic carbocycles. The lowest BCUT2D eigenvalue weighted by Crippen LogP contribution is -2.38. The molecule has 3 heterocycles. The zero-order chi connectivity index (χ0) is 18.8. The summed E-state index contributed by atoms with van der Waals surface area (Å²) in [4.78, 5) is 23.1. The van der Waals surface area contributed by atoms with Crippen LogP contribution in [0.5, 0.6) is 0 Å². The van der Waals surface area contributed by atoms with Crippen LogP contribution in [0.4, 0.5) is 0 Å². The van der Waals surface area contributed by atoms with E-state index in [1.54, 1.807) is 12.4 Å². The van der Waals surface area contributed by atoms with Crippen LogP contribution < -0.4 is 0 Å². The van der Waals surface area contributed by atoms with E-state index in [4.69, 9.17) is 4.42 Å². The molecule has 138 valence electrons. The summed E-state index contributed by atoms with van der Waals surface area (Å²) in [6.07, 6.45) is 4.92. The zero-order valence-corrected chi connectivity index (χ0v) is 15.4. The van der Waals surface area contributed by atoms with Crippen LogP contribution in [0.2, 0.25) is 0 Å². The van der Waals surface area contributed by atoms with E-state index in [2.05, 4.69) is 20.2 Å². The summed E-state index contributed by atoms with van der Waals surface area (Å²) in [5.41, 5.74) is 3.19. The van der Waals surface area contributed by atoms with Crippen LogP contribution in [0.25, 0.3) is 11.6 Å². The number of piperidine rings is 1. The minimum atomic E-state index is 0.0905. The predicted molar refractivity (Wildman–Crippen MR) is 99.1 cm³/mol. The molecule has 0 saturated carbocycles. The van der Waals surface area contributed by atoms with Crippen LogP contribution in [-0.4, -0.2) is 44.1 Å². The predicted octanol–water partition coefficient (Wildman–Crippen LogP) is 3.16. The van der Waals surface area contributed by atoms with Crippen molar-refractivity contribution in [3.63, 3.8) is 0 Å². The lowest BCUT2D eigenvalue weighted by atomic mass is 9.96. The molecule has 1 aliphatic heterocycles. The first-order valence-corrected chi connectivity index (χ1v) is 9.09. The Kier molecular flexibility index (Phi) is 4.66. The molecule has 27 heavy (non-hydrogen) atoms. The van der Waals surface area contributed by atoms with Gasteiger partial charge in [-0.3, -0.25) is 9.78 Å². The van der Waals surface area contributed by atoms with Crippen molar-refractivity contribution in [3.8, 4) is 11.6 Å². The van der Waals surface area contributed by atoms with Gasteiger partial charge in [0.1, 0.15) is 5.69 Å². The molecule has 7 heteroatoms. The Morgan fingerprint density at radius 3 is 2.56 bits per heavy atom. The Morgan fingerprint density at radius 2 is 1.85 bits per heavy atom. The first-order valence-electron chi connectivity index (χ1n) is 9.09. The van der Waals surface area contributed by atoms with E-state index in [9.17, 15) is 4.79 Å². The second kappa shape index (κ2) is 7.26. The molecule has 1 aromatic carbocycles. The third kappa shape index (κ3) is 3.58. The second-order valence-corrected chi connectivity index (χ2v) is 6.87. The van der Waals surface area contributed by atoms with Gasteiger partial charge in [-0.1, -0.05) is 18.2 Å². The fraction of sp³-hybridized carbons (Fsp3) is 0.350. The summed E-state index contributed by atoms with van der Waals surface area (Å²) in [5, 5.41) is 8.30. The van der Waals surface area contributed by atoms with Crippen molar-refractivity contribution in [1.82, 2.24) is 25.1 Å². The van der Waals surface area contributed by atoms with Gasteiger partial charge in [-0.15, -0.1) is 10.2 Å². The van der Waals surface area contributed by atoms with Crippen molar-refractivity contribution in [3.05, 3.63) is 59.4 Å². The normalized spacial score (nSPS) is 15.1. The fourth-order valence-electron chi connectivity index (χ4n) is 3.32. The average molecular weight is 363 g/mol. The number of hydrogen-bond acceptors (Lipinski definition) is 6. The molecule has 1 amide bonds. The number of nitrogens with zero attached hydrogens (tertiary/aromatic N) is 5. The molecule has 1 fully saturated rings. The van der Waals surface area contributed by atoms with Gasteiger partial charge in [0.05, 0.1) is 11.9 Å². The van der Waals surface area contributed by atoms with E-state index in [1.807, 2.05) is 43.0 Å². The molecular formula is C20H21N5O2. The smallest absolute Gasteiger partial charge is 0.267 e. The Bertz CT molecular complexity index is 943. The van der Waals surface area contributed by atoms with Gasteiger partial charge in [-0.2, -0.15) is 0 Å². The summed E-state index contributed by atoms with van der Waals surface area (Å²) < 4.78 is 5.82. The lowest BCUT2D eigenvalue weighted by Gasteiger charge is -2.30. The van der Waals surface area contributed by atoms with Crippen LogP contribution in [0.3, 0.4) is 0 Å². The maximum absolute atomic E-state index is 12.7. The molecule has 0 N–H and O–H groups in total. The average Bonchev–Trinajstić information content (AvgIpc) is 3.19. The Labute approximate surface area is 157 Å². The molecule has 1 aliphatic rings. The standard InChI is InChI=1S/C20H21N5O2/c1-13-5-3-4-6-16(13)20(26)25-9-7-15(8-10-25)18-23-24-19(27-18)17-12-21-14(2)11-22-17/h3-6,11-12,15H,7-10H2,1-2H3.